The van der Waals surface area contributed by atoms with Crippen LogP contribution in [-0.2, 0) is 23.5 Å². The lowest BCUT2D eigenvalue weighted by Gasteiger charge is -2.40. The fourth-order valence-corrected chi connectivity index (χ4v) is 5.00. The number of hydrogen-bond donors (Lipinski definition) is 2. The fraction of sp³-hybridized carbons (Fsp3) is 0.400. The van der Waals surface area contributed by atoms with E-state index in [1.54, 1.807) is 36.6 Å². The predicted octanol–water partition coefficient (Wildman–Crippen LogP) is 5.89. The summed E-state index contributed by atoms with van der Waals surface area (Å²) < 4.78 is 92.7. The predicted molar refractivity (Wildman–Crippen MR) is 130 cm³/mol. The molecule has 38 heavy (non-hydrogen) atoms. The van der Waals surface area contributed by atoms with E-state index < -0.39 is 41.5 Å². The van der Waals surface area contributed by atoms with Crippen LogP contribution >= 0.6 is 11.8 Å². The lowest BCUT2D eigenvalue weighted by molar-refractivity contribution is -0.161. The number of methoxy groups -OCH3 is 1. The number of halogens is 6. The smallest absolute Gasteiger partial charge is 0.416 e. The minimum absolute atomic E-state index is 0.0850. The number of nitrogens with zero attached hydrogens (tertiary/aromatic N) is 2. The Morgan fingerprint density at radius 3 is 2.37 bits per heavy atom. The highest BCUT2D eigenvalue weighted by Gasteiger charge is 2.41. The number of hydrogen-bond acceptors (Lipinski definition) is 7. The molecule has 2 aromatic rings. The van der Waals surface area contributed by atoms with Crippen molar-refractivity contribution in [2.45, 2.75) is 30.9 Å². The van der Waals surface area contributed by atoms with E-state index in [-0.39, 0.29) is 37.2 Å². The first-order chi connectivity index (χ1) is 17.9. The second-order valence-corrected chi connectivity index (χ2v) is 9.57. The molecule has 13 heteroatoms. The maximum Gasteiger partial charge on any atom is 0.416 e. The van der Waals surface area contributed by atoms with E-state index >= 15 is 0 Å². The molecule has 0 radical (unpaired) electrons. The monoisotopic (exact) mass is 561 g/mol. The molecule has 2 aliphatic rings. The van der Waals surface area contributed by atoms with Gasteiger partial charge in [0.25, 0.3) is 0 Å². The van der Waals surface area contributed by atoms with Crippen molar-refractivity contribution in [2.24, 2.45) is 10.9 Å². The SMILES string of the molecule is COc1ccccc1C1C=C(SC)OC2=NCNCC2C(Cc2cc(C(F)(F)F)cc(C(F)(F)F)c2)N1O. The summed E-state index contributed by atoms with van der Waals surface area (Å²) >= 11 is 1.26. The van der Waals surface area contributed by atoms with Crippen LogP contribution in [0.25, 0.3) is 0 Å². The zero-order chi connectivity index (χ0) is 27.7. The largest absolute Gasteiger partial charge is 0.496 e. The number of fused-ring (bicyclic) bond motifs is 1. The normalized spacial score (nSPS) is 22.9. The Balaban J connectivity index is 1.85. The van der Waals surface area contributed by atoms with Crippen molar-refractivity contribution < 1.29 is 41.0 Å². The van der Waals surface area contributed by atoms with Crippen molar-refractivity contribution in [3.05, 3.63) is 75.9 Å². The first kappa shape index (κ1) is 28.3. The Hall–Kier alpha value is -2.74. The van der Waals surface area contributed by atoms with Crippen LogP contribution in [0.1, 0.15) is 28.3 Å². The van der Waals surface area contributed by atoms with Crippen LogP contribution in [0.15, 0.2) is 58.6 Å². The van der Waals surface area contributed by atoms with Crippen molar-refractivity contribution in [2.75, 3.05) is 26.6 Å². The first-order valence-corrected chi connectivity index (χ1v) is 12.7. The minimum Gasteiger partial charge on any atom is -0.496 e. The molecule has 2 aliphatic heterocycles. The van der Waals surface area contributed by atoms with Gasteiger partial charge in [0.15, 0.2) is 11.0 Å². The minimum atomic E-state index is -4.99. The van der Waals surface area contributed by atoms with E-state index in [0.29, 0.717) is 28.5 Å². The molecule has 3 unspecified atom stereocenters. The Labute approximate surface area is 219 Å². The van der Waals surface area contributed by atoms with Gasteiger partial charge in [0.2, 0.25) is 0 Å². The van der Waals surface area contributed by atoms with Gasteiger partial charge in [0.05, 0.1) is 42.9 Å². The third-order valence-electron chi connectivity index (χ3n) is 6.37. The van der Waals surface area contributed by atoms with Crippen molar-refractivity contribution >= 4 is 17.7 Å². The van der Waals surface area contributed by atoms with Gasteiger partial charge in [-0.1, -0.05) is 30.0 Å². The Morgan fingerprint density at radius 2 is 1.76 bits per heavy atom. The summed E-state index contributed by atoms with van der Waals surface area (Å²) in [5.41, 5.74) is -2.55. The van der Waals surface area contributed by atoms with Gasteiger partial charge in [-0.05, 0) is 48.6 Å². The Kier molecular flexibility index (Phi) is 8.31. The summed E-state index contributed by atoms with van der Waals surface area (Å²) in [6.45, 7) is 0.440. The molecule has 3 atom stereocenters. The van der Waals surface area contributed by atoms with E-state index in [9.17, 15) is 31.5 Å². The van der Waals surface area contributed by atoms with E-state index in [2.05, 4.69) is 10.3 Å². The fourth-order valence-electron chi connectivity index (χ4n) is 4.57. The van der Waals surface area contributed by atoms with E-state index in [0.717, 1.165) is 5.06 Å². The summed E-state index contributed by atoms with van der Waals surface area (Å²) in [4.78, 5) is 4.33. The maximum atomic E-state index is 13.5. The van der Waals surface area contributed by atoms with Crippen LogP contribution in [0.3, 0.4) is 0 Å². The third kappa shape index (κ3) is 6.11. The first-order valence-electron chi connectivity index (χ1n) is 11.5. The van der Waals surface area contributed by atoms with Crippen molar-refractivity contribution in [3.63, 3.8) is 0 Å². The van der Waals surface area contributed by atoms with Crippen molar-refractivity contribution in [3.8, 4) is 5.75 Å². The molecule has 2 heterocycles. The second-order valence-electron chi connectivity index (χ2n) is 8.76. The standard InChI is InChI=1S/C25H25F6N3O3S/c1-36-21-6-4-3-5-17(21)20-11-22(38-2)37-23-18(12-32-13-33-23)19(34(20)35)9-14-7-15(24(26,27)28)10-16(8-14)25(29,30)31/h3-8,10-11,18-20,32,35H,9,12-13H2,1-2H3. The summed E-state index contributed by atoms with van der Waals surface area (Å²) in [5, 5.41) is 16.0. The van der Waals surface area contributed by atoms with Crippen LogP contribution in [0.5, 0.6) is 5.75 Å². The van der Waals surface area contributed by atoms with Crippen molar-refractivity contribution in [1.82, 2.24) is 10.4 Å². The lowest BCUT2D eigenvalue weighted by Crippen LogP contribution is -2.51. The Morgan fingerprint density at radius 1 is 1.11 bits per heavy atom. The molecule has 0 spiro atoms. The molecule has 2 N–H and O–H groups in total. The van der Waals surface area contributed by atoms with Crippen LogP contribution in [0.4, 0.5) is 26.3 Å². The average molecular weight is 562 g/mol. The van der Waals surface area contributed by atoms with Gasteiger partial charge in [-0.15, -0.1) is 0 Å². The van der Waals surface area contributed by atoms with Gasteiger partial charge < -0.3 is 14.7 Å². The topological polar surface area (TPSA) is 66.3 Å². The van der Waals surface area contributed by atoms with E-state index in [1.807, 2.05) is 0 Å². The maximum absolute atomic E-state index is 13.5. The number of para-hydroxylation sites is 1. The van der Waals surface area contributed by atoms with Gasteiger partial charge in [-0.3, -0.25) is 5.32 Å². The average Bonchev–Trinajstić information content (AvgIpc) is 2.87. The highest BCUT2D eigenvalue weighted by Crippen LogP contribution is 2.40. The molecule has 0 aliphatic carbocycles. The van der Waals surface area contributed by atoms with Crippen LogP contribution < -0.4 is 10.1 Å². The lowest BCUT2D eigenvalue weighted by atomic mass is 9.88. The highest BCUT2D eigenvalue weighted by atomic mass is 32.2. The van der Waals surface area contributed by atoms with E-state index in [4.69, 9.17) is 9.47 Å². The summed E-state index contributed by atoms with van der Waals surface area (Å²) in [6.07, 6.45) is -6.96. The van der Waals surface area contributed by atoms with Gasteiger partial charge in [-0.2, -0.15) is 31.4 Å². The van der Waals surface area contributed by atoms with Crippen LogP contribution in [-0.4, -0.2) is 48.8 Å². The van der Waals surface area contributed by atoms with Crippen molar-refractivity contribution in [1.29, 1.82) is 0 Å². The molecule has 6 nitrogen and oxygen atoms in total. The quantitative estimate of drug-likeness (QED) is 0.444. The number of hydroxylamine groups is 2. The molecule has 0 saturated heterocycles. The zero-order valence-corrected chi connectivity index (χ0v) is 21.1. The molecule has 0 bridgehead atoms. The van der Waals surface area contributed by atoms with Gasteiger partial charge in [0.1, 0.15) is 5.75 Å². The zero-order valence-electron chi connectivity index (χ0n) is 20.3. The van der Waals surface area contributed by atoms with Gasteiger partial charge >= 0.3 is 12.4 Å². The molecule has 4 rings (SSSR count). The van der Waals surface area contributed by atoms with Crippen LogP contribution in [0.2, 0.25) is 0 Å². The molecule has 0 amide bonds. The molecular formula is C25H25F6N3O3S. The summed E-state index contributed by atoms with van der Waals surface area (Å²) in [5.74, 6) is -0.0257. The summed E-state index contributed by atoms with van der Waals surface area (Å²) in [7, 11) is 1.45. The Bertz CT molecular complexity index is 1190. The number of thioether (sulfide) groups is 1. The summed E-state index contributed by atoms with van der Waals surface area (Å²) in [6, 6.07) is 6.38. The second kappa shape index (κ2) is 11.2. The number of aliphatic imine (C=N–C) groups is 1. The molecule has 0 saturated carbocycles. The molecule has 2 aromatic carbocycles. The number of alkyl halides is 6. The molecule has 0 aromatic heterocycles. The number of ether oxygens (including phenoxy) is 2. The van der Waals surface area contributed by atoms with E-state index in [1.165, 1.54) is 18.9 Å². The molecular weight excluding hydrogens is 536 g/mol. The van der Waals surface area contributed by atoms with Gasteiger partial charge in [-0.25, -0.2) is 4.99 Å². The highest BCUT2D eigenvalue weighted by molar-refractivity contribution is 8.02. The molecule has 0 fully saturated rings. The van der Waals surface area contributed by atoms with Gasteiger partial charge in [0, 0.05) is 12.1 Å². The number of benzene rings is 2. The van der Waals surface area contributed by atoms with Crippen LogP contribution in [0, 0.1) is 5.92 Å². The third-order valence-corrected chi connectivity index (χ3v) is 6.99. The number of nitrogens with one attached hydrogen (secondary N) is 1. The molecule has 206 valence electrons. The number of rotatable bonds is 5.